The quantitative estimate of drug-likeness (QED) is 0.244. The van der Waals surface area contributed by atoms with Crippen molar-refractivity contribution in [1.29, 1.82) is 0 Å². The average Bonchev–Trinajstić information content (AvgIpc) is 2.79. The van der Waals surface area contributed by atoms with E-state index in [9.17, 15) is 4.79 Å². The normalized spacial score (nSPS) is 12.1. The molecular weight excluding hydrogens is 398 g/mol. The highest BCUT2D eigenvalue weighted by atomic mass is 16.6. The minimum atomic E-state index is -0.666. The van der Waals surface area contributed by atoms with Gasteiger partial charge in [-0.2, -0.15) is 0 Å². The van der Waals surface area contributed by atoms with Gasteiger partial charge in [0.1, 0.15) is 5.60 Å². The molecule has 4 nitrogen and oxygen atoms in total. The summed E-state index contributed by atoms with van der Waals surface area (Å²) in [6.45, 7) is 6.50. The molecule has 0 aliphatic rings. The van der Waals surface area contributed by atoms with Crippen molar-refractivity contribution in [2.45, 2.75) is 45.4 Å². The van der Waals surface area contributed by atoms with Crippen molar-refractivity contribution in [3.63, 3.8) is 0 Å². The van der Waals surface area contributed by atoms with Gasteiger partial charge in [0.05, 0.1) is 12.3 Å². The largest absolute Gasteiger partial charge is 0.458 e. The van der Waals surface area contributed by atoms with Gasteiger partial charge >= 0.3 is 5.97 Å². The second kappa shape index (κ2) is 11.4. The van der Waals surface area contributed by atoms with Gasteiger partial charge in [-0.1, -0.05) is 91.0 Å². The number of aliphatic imine (C=N–C) groups is 1. The second-order valence-electron chi connectivity index (χ2n) is 8.59. The van der Waals surface area contributed by atoms with Gasteiger partial charge in [0.25, 0.3) is 0 Å². The van der Waals surface area contributed by atoms with Crippen LogP contribution in [0.2, 0.25) is 0 Å². The summed E-state index contributed by atoms with van der Waals surface area (Å²) in [7, 11) is 0. The summed E-state index contributed by atoms with van der Waals surface area (Å²) in [6.07, 6.45) is 0.435. The van der Waals surface area contributed by atoms with E-state index >= 15 is 0 Å². The van der Waals surface area contributed by atoms with E-state index in [2.05, 4.69) is 0 Å². The van der Waals surface area contributed by atoms with Crippen molar-refractivity contribution in [2.75, 3.05) is 6.61 Å². The maximum atomic E-state index is 13.0. The van der Waals surface area contributed by atoms with Crippen LogP contribution >= 0.6 is 0 Å². The highest BCUT2D eigenvalue weighted by molar-refractivity contribution is 6.13. The first-order chi connectivity index (χ1) is 15.4. The summed E-state index contributed by atoms with van der Waals surface area (Å²) in [5.74, 6) is -0.342. The predicted octanol–water partition coefficient (Wildman–Crippen LogP) is 5.84. The van der Waals surface area contributed by atoms with Crippen LogP contribution in [0.25, 0.3) is 0 Å². The third-order valence-electron chi connectivity index (χ3n) is 4.71. The molecule has 0 heterocycles. The van der Waals surface area contributed by atoms with Crippen LogP contribution in [0.3, 0.4) is 0 Å². The molecule has 0 amide bonds. The Kier molecular flexibility index (Phi) is 8.34. The maximum Gasteiger partial charge on any atom is 0.331 e. The Morgan fingerprint density at radius 2 is 1.31 bits per heavy atom. The van der Waals surface area contributed by atoms with Gasteiger partial charge in [-0.05, 0) is 26.3 Å². The SMILES string of the molecule is CC(C)(C)OC(=O)[C@H](CCOCc1ccccc1)N=C(c1ccccc1)c1ccccc1. The van der Waals surface area contributed by atoms with Gasteiger partial charge in [0.15, 0.2) is 6.04 Å². The minimum Gasteiger partial charge on any atom is -0.458 e. The molecule has 0 spiro atoms. The first kappa shape index (κ1) is 23.4. The summed E-state index contributed by atoms with van der Waals surface area (Å²) in [5, 5.41) is 0. The lowest BCUT2D eigenvalue weighted by molar-refractivity contribution is -0.156. The average molecular weight is 430 g/mol. The van der Waals surface area contributed by atoms with Crippen LogP contribution in [0.15, 0.2) is 96.0 Å². The van der Waals surface area contributed by atoms with Crippen molar-refractivity contribution in [1.82, 2.24) is 0 Å². The zero-order valence-corrected chi connectivity index (χ0v) is 19.0. The van der Waals surface area contributed by atoms with E-state index in [1.165, 1.54) is 0 Å². The van der Waals surface area contributed by atoms with Crippen LogP contribution in [-0.2, 0) is 20.9 Å². The van der Waals surface area contributed by atoms with Crippen LogP contribution < -0.4 is 0 Å². The van der Waals surface area contributed by atoms with E-state index < -0.39 is 11.6 Å². The lowest BCUT2D eigenvalue weighted by atomic mass is 10.0. The van der Waals surface area contributed by atoms with Gasteiger partial charge in [0.2, 0.25) is 0 Å². The molecular formula is C28H31NO3. The van der Waals surface area contributed by atoms with Gasteiger partial charge in [-0.15, -0.1) is 0 Å². The number of hydrogen-bond acceptors (Lipinski definition) is 4. The van der Waals surface area contributed by atoms with Crippen LogP contribution in [0, 0.1) is 0 Å². The Hall–Kier alpha value is -3.24. The molecule has 0 saturated heterocycles. The van der Waals surface area contributed by atoms with E-state index in [-0.39, 0.29) is 5.97 Å². The van der Waals surface area contributed by atoms with Gasteiger partial charge in [0, 0.05) is 24.2 Å². The predicted molar refractivity (Wildman–Crippen MR) is 129 cm³/mol. The highest BCUT2D eigenvalue weighted by Gasteiger charge is 2.25. The number of nitrogens with zero attached hydrogens (tertiary/aromatic N) is 1. The van der Waals surface area contributed by atoms with Crippen molar-refractivity contribution in [3.8, 4) is 0 Å². The summed E-state index contributed by atoms with van der Waals surface area (Å²) >= 11 is 0. The van der Waals surface area contributed by atoms with Crippen LogP contribution in [0.1, 0.15) is 43.9 Å². The van der Waals surface area contributed by atoms with Crippen molar-refractivity contribution < 1.29 is 14.3 Å². The lowest BCUT2D eigenvalue weighted by Crippen LogP contribution is -2.32. The Bertz CT molecular complexity index is 952. The number of benzene rings is 3. The molecule has 0 fully saturated rings. The molecule has 0 aromatic heterocycles. The molecule has 3 aromatic rings. The molecule has 0 bridgehead atoms. The summed E-state index contributed by atoms with van der Waals surface area (Å²) in [5.41, 5.74) is 3.19. The van der Waals surface area contributed by atoms with Crippen LogP contribution in [-0.4, -0.2) is 29.9 Å². The Balaban J connectivity index is 1.83. The second-order valence-corrected chi connectivity index (χ2v) is 8.59. The summed E-state index contributed by atoms with van der Waals surface area (Å²) < 4.78 is 11.5. The zero-order valence-electron chi connectivity index (χ0n) is 19.0. The minimum absolute atomic E-state index is 0.342. The zero-order chi connectivity index (χ0) is 22.8. The molecule has 0 aliphatic carbocycles. The Labute approximate surface area is 190 Å². The fourth-order valence-corrected chi connectivity index (χ4v) is 3.23. The van der Waals surface area contributed by atoms with E-state index in [0.717, 1.165) is 22.4 Å². The first-order valence-electron chi connectivity index (χ1n) is 11.0. The van der Waals surface area contributed by atoms with Gasteiger partial charge in [-0.25, -0.2) is 4.79 Å². The monoisotopic (exact) mass is 429 g/mol. The number of carbonyl (C=O) groups excluding carboxylic acids is 1. The molecule has 3 rings (SSSR count). The number of ether oxygens (including phenoxy) is 2. The molecule has 0 aliphatic heterocycles. The van der Waals surface area contributed by atoms with Gasteiger partial charge in [-0.3, -0.25) is 4.99 Å². The third-order valence-corrected chi connectivity index (χ3v) is 4.71. The third kappa shape index (κ3) is 7.47. The molecule has 0 unspecified atom stereocenters. The van der Waals surface area contributed by atoms with Crippen LogP contribution in [0.4, 0.5) is 0 Å². The smallest absolute Gasteiger partial charge is 0.331 e. The maximum absolute atomic E-state index is 13.0. The van der Waals surface area contributed by atoms with E-state index in [1.807, 2.05) is 112 Å². The molecule has 0 radical (unpaired) electrons. The molecule has 166 valence electrons. The Morgan fingerprint density at radius 1 is 0.812 bits per heavy atom. The van der Waals surface area contributed by atoms with E-state index in [1.54, 1.807) is 0 Å². The number of esters is 1. The first-order valence-corrected chi connectivity index (χ1v) is 11.0. The Morgan fingerprint density at radius 3 is 1.81 bits per heavy atom. The summed E-state index contributed by atoms with van der Waals surface area (Å²) in [4.78, 5) is 17.9. The van der Waals surface area contributed by atoms with Crippen LogP contribution in [0.5, 0.6) is 0 Å². The molecule has 1 atom stereocenters. The van der Waals surface area contributed by atoms with Crippen molar-refractivity contribution in [3.05, 3.63) is 108 Å². The van der Waals surface area contributed by atoms with Gasteiger partial charge < -0.3 is 9.47 Å². The fourth-order valence-electron chi connectivity index (χ4n) is 3.23. The standard InChI is InChI=1S/C28H31NO3/c1-28(2,3)32-27(30)25(19-20-31-21-22-13-7-4-8-14-22)29-26(23-15-9-5-10-16-23)24-17-11-6-12-18-24/h4-18,25H,19-21H2,1-3H3/t25-/m0/s1. The summed E-state index contributed by atoms with van der Waals surface area (Å²) in [6, 6.07) is 29.2. The molecule has 0 saturated carbocycles. The fraction of sp³-hybridized carbons (Fsp3) is 0.286. The van der Waals surface area contributed by atoms with Crippen molar-refractivity contribution in [2.24, 2.45) is 4.99 Å². The highest BCUT2D eigenvalue weighted by Crippen LogP contribution is 2.17. The molecule has 32 heavy (non-hydrogen) atoms. The molecule has 4 heteroatoms. The van der Waals surface area contributed by atoms with E-state index in [0.29, 0.717) is 19.6 Å². The topological polar surface area (TPSA) is 47.9 Å². The lowest BCUT2D eigenvalue weighted by Gasteiger charge is -2.23. The molecule has 3 aromatic carbocycles. The molecule has 0 N–H and O–H groups in total. The van der Waals surface area contributed by atoms with Crippen molar-refractivity contribution >= 4 is 11.7 Å². The van der Waals surface area contributed by atoms with E-state index in [4.69, 9.17) is 14.5 Å². The number of rotatable bonds is 9. The number of hydrogen-bond donors (Lipinski definition) is 0. The number of carbonyl (C=O) groups is 1.